The molecule has 55 heavy (non-hydrogen) atoms. The van der Waals surface area contributed by atoms with Crippen molar-refractivity contribution in [3.8, 4) is 22.5 Å². The molecule has 0 spiro atoms. The maximum absolute atomic E-state index is 13.5. The van der Waals surface area contributed by atoms with Gasteiger partial charge in [0.05, 0.1) is 23.6 Å². The summed E-state index contributed by atoms with van der Waals surface area (Å²) in [6, 6.07) is 30.9. The summed E-state index contributed by atoms with van der Waals surface area (Å²) >= 11 is 0. The molecule has 1 saturated heterocycles. The van der Waals surface area contributed by atoms with Gasteiger partial charge in [0.1, 0.15) is 23.6 Å². The number of nitrogens with one attached hydrogen (secondary N) is 1. The fourth-order valence-electron chi connectivity index (χ4n) is 6.89. The molecule has 9 rings (SSSR count). The molecule has 272 valence electrons. The Morgan fingerprint density at radius 1 is 0.818 bits per heavy atom. The Balaban J connectivity index is 0.815. The zero-order chi connectivity index (χ0) is 37.5. The number of nitrogens with zero attached hydrogens (tertiary/aromatic N) is 10. The van der Waals surface area contributed by atoms with Crippen molar-refractivity contribution in [3.63, 3.8) is 0 Å². The van der Waals surface area contributed by atoms with Crippen LogP contribution in [0.25, 0.3) is 39.1 Å². The van der Waals surface area contributed by atoms with Gasteiger partial charge in [0.2, 0.25) is 5.95 Å². The standard InChI is InChI=1S/C41H35N11O3/c1-26-22-27(2)52-38(43-26)33(23-42-52)39(53)44-30-14-12-28(13-15-30)35-25-51(48-47-35)24-31-16-17-36(55-31)40(54)49-18-20-50(21-19-49)41-45-34-11-7-6-10-32(34)37(46-41)29-8-4-3-5-9-29/h3-17,22-23,25H,18-21,24H2,1-2H3,(H,44,53). The number of hydrogen-bond acceptors (Lipinski definition) is 10. The highest BCUT2D eigenvalue weighted by atomic mass is 16.4. The molecule has 0 unspecified atom stereocenters. The fraction of sp³-hybridized carbons (Fsp3) is 0.171. The number of furan rings is 1. The van der Waals surface area contributed by atoms with Crippen molar-refractivity contribution in [2.24, 2.45) is 0 Å². The molecule has 8 aromatic rings. The number of benzene rings is 3. The Kier molecular flexibility index (Phi) is 8.53. The van der Waals surface area contributed by atoms with Gasteiger partial charge in [-0.2, -0.15) is 5.10 Å². The van der Waals surface area contributed by atoms with Gasteiger partial charge in [-0.25, -0.2) is 24.1 Å². The van der Waals surface area contributed by atoms with Crippen molar-refractivity contribution in [1.29, 1.82) is 0 Å². The van der Waals surface area contributed by atoms with Gasteiger partial charge in [-0.1, -0.05) is 65.9 Å². The summed E-state index contributed by atoms with van der Waals surface area (Å²) in [7, 11) is 0. The van der Waals surface area contributed by atoms with Crippen LogP contribution in [0.4, 0.5) is 11.6 Å². The van der Waals surface area contributed by atoms with Crippen LogP contribution in [0.5, 0.6) is 0 Å². The third-order valence-electron chi connectivity index (χ3n) is 9.68. The second-order valence-electron chi connectivity index (χ2n) is 13.5. The monoisotopic (exact) mass is 729 g/mol. The quantitative estimate of drug-likeness (QED) is 0.195. The smallest absolute Gasteiger partial charge is 0.289 e. The lowest BCUT2D eigenvalue weighted by Gasteiger charge is -2.34. The largest absolute Gasteiger partial charge is 0.454 e. The average Bonchev–Trinajstić information content (AvgIpc) is 3.99. The molecular weight excluding hydrogens is 695 g/mol. The van der Waals surface area contributed by atoms with E-state index in [2.05, 4.69) is 42.7 Å². The number of fused-ring (bicyclic) bond motifs is 2. The fourth-order valence-corrected chi connectivity index (χ4v) is 6.89. The molecule has 0 atom stereocenters. The molecule has 0 saturated carbocycles. The number of aromatic nitrogens is 8. The van der Waals surface area contributed by atoms with Crippen LogP contribution in [0.15, 0.2) is 114 Å². The topological polar surface area (TPSA) is 152 Å². The Hall–Kier alpha value is -7.22. The van der Waals surface area contributed by atoms with Crippen molar-refractivity contribution in [2.75, 3.05) is 36.4 Å². The van der Waals surface area contributed by atoms with Crippen LogP contribution in [-0.2, 0) is 6.54 Å². The molecule has 0 aliphatic carbocycles. The van der Waals surface area contributed by atoms with E-state index in [-0.39, 0.29) is 17.6 Å². The molecular formula is C41H35N11O3. The molecule has 1 fully saturated rings. The zero-order valence-corrected chi connectivity index (χ0v) is 30.1. The van der Waals surface area contributed by atoms with Crippen LogP contribution in [0, 0.1) is 13.8 Å². The minimum Gasteiger partial charge on any atom is -0.454 e. The number of para-hydroxylation sites is 1. The first-order valence-electron chi connectivity index (χ1n) is 18.0. The van der Waals surface area contributed by atoms with Crippen molar-refractivity contribution >= 4 is 40.0 Å². The van der Waals surface area contributed by atoms with Crippen LogP contribution < -0.4 is 10.2 Å². The maximum atomic E-state index is 13.5. The van der Waals surface area contributed by atoms with Crippen LogP contribution >= 0.6 is 0 Å². The van der Waals surface area contributed by atoms with Crippen LogP contribution in [0.1, 0.15) is 38.1 Å². The van der Waals surface area contributed by atoms with Gasteiger partial charge >= 0.3 is 0 Å². The second kappa shape index (κ2) is 14.0. The number of piperazine rings is 1. The first-order valence-corrected chi connectivity index (χ1v) is 18.0. The van der Waals surface area contributed by atoms with Crippen molar-refractivity contribution in [2.45, 2.75) is 20.4 Å². The predicted octanol–water partition coefficient (Wildman–Crippen LogP) is 6.07. The minimum absolute atomic E-state index is 0.162. The zero-order valence-electron chi connectivity index (χ0n) is 30.1. The summed E-state index contributed by atoms with van der Waals surface area (Å²) in [5.41, 5.74) is 7.54. The second-order valence-corrected chi connectivity index (χ2v) is 13.5. The van der Waals surface area contributed by atoms with Crippen molar-refractivity contribution in [1.82, 2.24) is 44.5 Å². The van der Waals surface area contributed by atoms with Crippen molar-refractivity contribution in [3.05, 3.63) is 138 Å². The predicted molar refractivity (Wildman–Crippen MR) is 207 cm³/mol. The first kappa shape index (κ1) is 33.6. The third kappa shape index (κ3) is 6.65. The van der Waals surface area contributed by atoms with E-state index in [1.807, 2.05) is 92.8 Å². The number of rotatable bonds is 8. The molecule has 0 bridgehead atoms. The van der Waals surface area contributed by atoms with E-state index in [1.165, 1.54) is 6.20 Å². The third-order valence-corrected chi connectivity index (χ3v) is 9.68. The Morgan fingerprint density at radius 3 is 2.42 bits per heavy atom. The highest BCUT2D eigenvalue weighted by molar-refractivity contribution is 6.08. The van der Waals surface area contributed by atoms with Gasteiger partial charge in [0, 0.05) is 59.8 Å². The Bertz CT molecular complexity index is 2690. The number of anilines is 2. The number of carbonyl (C=O) groups excluding carboxylic acids is 2. The lowest BCUT2D eigenvalue weighted by Crippen LogP contribution is -2.49. The number of hydrogen-bond donors (Lipinski definition) is 1. The van der Waals surface area contributed by atoms with E-state index in [0.717, 1.165) is 39.1 Å². The molecule has 1 aliphatic heterocycles. The summed E-state index contributed by atoms with van der Waals surface area (Å²) in [6.07, 6.45) is 3.34. The molecule has 0 radical (unpaired) electrons. The molecule has 3 aromatic carbocycles. The maximum Gasteiger partial charge on any atom is 0.289 e. The molecule has 14 nitrogen and oxygen atoms in total. The highest BCUT2D eigenvalue weighted by Crippen LogP contribution is 2.29. The number of amides is 2. The highest BCUT2D eigenvalue weighted by Gasteiger charge is 2.26. The molecule has 6 heterocycles. The Morgan fingerprint density at radius 2 is 1.60 bits per heavy atom. The van der Waals surface area contributed by atoms with Gasteiger partial charge in [-0.05, 0) is 50.2 Å². The SMILES string of the molecule is Cc1cc(C)n2ncc(C(=O)Nc3ccc(-c4cn(Cc5ccc(C(=O)N6CCN(c7nc(-c8ccccc8)c8ccccc8n7)CC6)o5)nn4)cc3)c2n1. The van der Waals surface area contributed by atoms with Gasteiger partial charge in [-0.15, -0.1) is 5.10 Å². The normalized spacial score (nSPS) is 13.1. The molecule has 14 heteroatoms. The first-order chi connectivity index (χ1) is 26.9. The summed E-state index contributed by atoms with van der Waals surface area (Å²) in [4.78, 5) is 44.8. The van der Waals surface area contributed by atoms with Gasteiger partial charge in [0.25, 0.3) is 11.8 Å². The van der Waals surface area contributed by atoms with E-state index < -0.39 is 0 Å². The van der Waals surface area contributed by atoms with Gasteiger partial charge < -0.3 is 19.5 Å². The lowest BCUT2D eigenvalue weighted by molar-refractivity contribution is 0.0711. The molecule has 1 aliphatic rings. The molecule has 2 amide bonds. The summed E-state index contributed by atoms with van der Waals surface area (Å²) < 4.78 is 9.31. The number of aryl methyl sites for hydroxylation is 2. The number of carbonyl (C=O) groups is 2. The van der Waals surface area contributed by atoms with Gasteiger partial charge in [-0.3, -0.25) is 9.59 Å². The van der Waals surface area contributed by atoms with Crippen LogP contribution in [0.3, 0.4) is 0 Å². The van der Waals surface area contributed by atoms with E-state index in [9.17, 15) is 9.59 Å². The van der Waals surface area contributed by atoms with E-state index in [4.69, 9.17) is 14.4 Å². The van der Waals surface area contributed by atoms with E-state index in [0.29, 0.717) is 67.0 Å². The average molecular weight is 730 g/mol. The summed E-state index contributed by atoms with van der Waals surface area (Å²) in [5.74, 6) is 1.06. The summed E-state index contributed by atoms with van der Waals surface area (Å²) in [6.45, 7) is 6.33. The molecule has 1 N–H and O–H groups in total. The Labute approximate surface area is 315 Å². The minimum atomic E-state index is -0.294. The van der Waals surface area contributed by atoms with E-state index >= 15 is 0 Å². The van der Waals surface area contributed by atoms with E-state index in [1.54, 1.807) is 26.2 Å². The summed E-state index contributed by atoms with van der Waals surface area (Å²) in [5, 5.41) is 16.8. The van der Waals surface area contributed by atoms with Crippen LogP contribution in [0.2, 0.25) is 0 Å². The van der Waals surface area contributed by atoms with Crippen molar-refractivity contribution < 1.29 is 14.0 Å². The van der Waals surface area contributed by atoms with Gasteiger partial charge in [0.15, 0.2) is 11.4 Å². The molecule has 5 aromatic heterocycles. The van der Waals surface area contributed by atoms with Crippen LogP contribution in [-0.4, -0.2) is 82.5 Å². The lowest BCUT2D eigenvalue weighted by atomic mass is 10.1.